The average molecular weight is 295 g/mol. The number of ketones is 1. The number of oxime groups is 1. The van der Waals surface area contributed by atoms with Crippen LogP contribution in [0, 0.1) is 17.8 Å². The summed E-state index contributed by atoms with van der Waals surface area (Å²) >= 11 is 0. The molecule has 0 N–H and O–H groups in total. The van der Waals surface area contributed by atoms with E-state index in [1.165, 1.54) is 6.92 Å². The fourth-order valence-corrected chi connectivity index (χ4v) is 2.77. The smallest absolute Gasteiger partial charge is 0.302 e. The fourth-order valence-electron chi connectivity index (χ4n) is 2.77. The molecule has 1 saturated carbocycles. The molecule has 0 saturated heterocycles. The van der Waals surface area contributed by atoms with Gasteiger partial charge in [-0.05, 0) is 24.7 Å². The zero-order valence-electron chi connectivity index (χ0n) is 13.1. The Morgan fingerprint density at radius 3 is 2.81 bits per heavy atom. The van der Waals surface area contributed by atoms with E-state index in [0.29, 0.717) is 19.4 Å². The first kappa shape index (κ1) is 17.4. The van der Waals surface area contributed by atoms with Gasteiger partial charge in [-0.2, -0.15) is 0 Å². The van der Waals surface area contributed by atoms with Crippen LogP contribution in [-0.4, -0.2) is 30.7 Å². The van der Waals surface area contributed by atoms with Gasteiger partial charge >= 0.3 is 5.97 Å². The third-order valence-electron chi connectivity index (χ3n) is 3.87. The summed E-state index contributed by atoms with van der Waals surface area (Å²) in [7, 11) is 0. The normalized spacial score (nSPS) is 24.8. The van der Waals surface area contributed by atoms with E-state index < -0.39 is 6.10 Å². The van der Waals surface area contributed by atoms with E-state index in [0.717, 1.165) is 6.42 Å². The highest BCUT2D eigenvalue weighted by Gasteiger charge is 2.41. The number of hydrogen-bond acceptors (Lipinski definition) is 5. The number of nitrogens with zero attached hydrogens (tertiary/aromatic N) is 1. The monoisotopic (exact) mass is 295 g/mol. The maximum Gasteiger partial charge on any atom is 0.302 e. The van der Waals surface area contributed by atoms with Crippen LogP contribution in [0.2, 0.25) is 0 Å². The highest BCUT2D eigenvalue weighted by molar-refractivity contribution is 5.84. The van der Waals surface area contributed by atoms with Crippen LogP contribution < -0.4 is 0 Å². The molecule has 5 heteroatoms. The molecule has 0 aliphatic heterocycles. The maximum absolute atomic E-state index is 12.1. The van der Waals surface area contributed by atoms with Gasteiger partial charge in [0.1, 0.15) is 18.5 Å². The van der Waals surface area contributed by atoms with Crippen molar-refractivity contribution in [2.45, 2.75) is 46.1 Å². The van der Waals surface area contributed by atoms with Crippen molar-refractivity contribution in [2.24, 2.45) is 22.9 Å². The molecule has 5 nitrogen and oxygen atoms in total. The molecule has 4 atom stereocenters. The van der Waals surface area contributed by atoms with Gasteiger partial charge in [0.2, 0.25) is 0 Å². The largest absolute Gasteiger partial charge is 0.461 e. The van der Waals surface area contributed by atoms with Crippen molar-refractivity contribution in [3.05, 3.63) is 12.7 Å². The summed E-state index contributed by atoms with van der Waals surface area (Å²) in [5.41, 5.74) is 0. The van der Waals surface area contributed by atoms with Gasteiger partial charge in [0.15, 0.2) is 0 Å². The van der Waals surface area contributed by atoms with Gasteiger partial charge in [-0.3, -0.25) is 9.59 Å². The standard InChI is InChI=1S/C16H25NO4/c1-5-10-20-17-9-8-12(3)16(21-13(4)18)15-11(2)6-7-14(15)19/h5,9,11-12,15-16H,1,6-8,10H2,2-4H3/b17-9+/t11?,12-,15-,16-/m1/s1. The molecule has 1 rings (SSSR count). The minimum absolute atomic E-state index is 0.0134. The molecular formula is C16H25NO4. The maximum atomic E-state index is 12.1. The third-order valence-corrected chi connectivity index (χ3v) is 3.87. The van der Waals surface area contributed by atoms with Crippen LogP contribution in [-0.2, 0) is 19.2 Å². The Morgan fingerprint density at radius 1 is 1.57 bits per heavy atom. The second-order valence-electron chi connectivity index (χ2n) is 5.67. The topological polar surface area (TPSA) is 65.0 Å². The highest BCUT2D eigenvalue weighted by atomic mass is 16.6. The van der Waals surface area contributed by atoms with E-state index in [4.69, 9.17) is 9.57 Å². The third kappa shape index (κ3) is 5.33. The van der Waals surface area contributed by atoms with Crippen LogP contribution in [0.1, 0.15) is 40.0 Å². The summed E-state index contributed by atoms with van der Waals surface area (Å²) in [4.78, 5) is 28.3. The Labute approximate surface area is 126 Å². The Morgan fingerprint density at radius 2 is 2.29 bits per heavy atom. The van der Waals surface area contributed by atoms with Crippen molar-refractivity contribution in [1.82, 2.24) is 0 Å². The van der Waals surface area contributed by atoms with Gasteiger partial charge in [0.25, 0.3) is 0 Å². The molecular weight excluding hydrogens is 270 g/mol. The minimum atomic E-state index is -0.390. The van der Waals surface area contributed by atoms with E-state index in [1.54, 1.807) is 12.3 Å². The van der Waals surface area contributed by atoms with Gasteiger partial charge in [0.05, 0.1) is 5.92 Å². The second kappa shape index (κ2) is 8.60. The highest BCUT2D eigenvalue weighted by Crippen LogP contribution is 2.35. The molecule has 0 aromatic carbocycles. The number of esters is 1. The summed E-state index contributed by atoms with van der Waals surface area (Å²) in [6.07, 6.45) is 4.90. The first-order valence-corrected chi connectivity index (χ1v) is 7.42. The molecule has 1 aliphatic carbocycles. The van der Waals surface area contributed by atoms with Crippen LogP contribution in [0.5, 0.6) is 0 Å². The number of rotatable bonds is 8. The molecule has 0 heterocycles. The lowest BCUT2D eigenvalue weighted by atomic mass is 9.83. The van der Waals surface area contributed by atoms with Gasteiger partial charge in [-0.15, -0.1) is 0 Å². The summed E-state index contributed by atoms with van der Waals surface area (Å²) in [6, 6.07) is 0. The molecule has 0 aromatic heterocycles. The molecule has 1 aliphatic rings. The van der Waals surface area contributed by atoms with Gasteiger partial charge in [0, 0.05) is 19.6 Å². The molecule has 0 amide bonds. The summed E-state index contributed by atoms with van der Waals surface area (Å²) in [5, 5.41) is 3.81. The quantitative estimate of drug-likeness (QED) is 0.227. The average Bonchev–Trinajstić information content (AvgIpc) is 2.75. The van der Waals surface area contributed by atoms with Gasteiger partial charge in [-0.25, -0.2) is 0 Å². The summed E-state index contributed by atoms with van der Waals surface area (Å²) in [5.74, 6) is -0.0943. The molecule has 1 fully saturated rings. The Bertz CT molecular complexity index is 405. The zero-order chi connectivity index (χ0) is 15.8. The van der Waals surface area contributed by atoms with Gasteiger partial charge < -0.3 is 9.57 Å². The summed E-state index contributed by atoms with van der Waals surface area (Å²) < 4.78 is 5.44. The van der Waals surface area contributed by atoms with E-state index in [2.05, 4.69) is 11.7 Å². The SMILES string of the molecule is C=CCO/N=C/C[C@@H](C)[C@@H](OC(C)=O)[C@H]1C(=O)CCC1C. The Balaban J connectivity index is 2.67. The predicted octanol–water partition coefficient (Wildman–Crippen LogP) is 2.75. The first-order valence-electron chi connectivity index (χ1n) is 7.42. The lowest BCUT2D eigenvalue weighted by molar-refractivity contribution is -0.154. The lowest BCUT2D eigenvalue weighted by Crippen LogP contribution is -2.37. The van der Waals surface area contributed by atoms with E-state index in [-0.39, 0.29) is 29.5 Å². The molecule has 1 unspecified atom stereocenters. The number of Topliss-reactive ketones (excluding diaryl/α,β-unsaturated/α-hetero) is 1. The van der Waals surface area contributed by atoms with Crippen molar-refractivity contribution < 1.29 is 19.2 Å². The second-order valence-corrected chi connectivity index (χ2v) is 5.67. The number of ether oxygens (including phenoxy) is 1. The van der Waals surface area contributed by atoms with Crippen molar-refractivity contribution in [3.63, 3.8) is 0 Å². The molecule has 118 valence electrons. The lowest BCUT2D eigenvalue weighted by Gasteiger charge is -2.29. The van der Waals surface area contributed by atoms with E-state index in [1.807, 2.05) is 13.8 Å². The zero-order valence-corrected chi connectivity index (χ0v) is 13.1. The molecule has 0 spiro atoms. The van der Waals surface area contributed by atoms with Crippen LogP contribution in [0.4, 0.5) is 0 Å². The van der Waals surface area contributed by atoms with Crippen molar-refractivity contribution >= 4 is 18.0 Å². The predicted molar refractivity (Wildman–Crippen MR) is 80.9 cm³/mol. The molecule has 0 bridgehead atoms. The van der Waals surface area contributed by atoms with Crippen LogP contribution in [0.3, 0.4) is 0 Å². The minimum Gasteiger partial charge on any atom is -0.461 e. The fraction of sp³-hybridized carbons (Fsp3) is 0.688. The number of carbonyl (C=O) groups excluding carboxylic acids is 2. The molecule has 0 radical (unpaired) electrons. The van der Waals surface area contributed by atoms with Crippen molar-refractivity contribution in [2.75, 3.05) is 6.61 Å². The van der Waals surface area contributed by atoms with E-state index >= 15 is 0 Å². The Hall–Kier alpha value is -1.65. The van der Waals surface area contributed by atoms with Crippen LogP contribution >= 0.6 is 0 Å². The molecule has 0 aromatic rings. The Kier molecular flexibility index (Phi) is 7.12. The van der Waals surface area contributed by atoms with Crippen LogP contribution in [0.15, 0.2) is 17.8 Å². The molecule has 21 heavy (non-hydrogen) atoms. The number of hydrogen-bond donors (Lipinski definition) is 0. The van der Waals surface area contributed by atoms with Crippen molar-refractivity contribution in [1.29, 1.82) is 0 Å². The number of carbonyl (C=O) groups is 2. The summed E-state index contributed by atoms with van der Waals surface area (Å²) in [6.45, 7) is 9.27. The first-order chi connectivity index (χ1) is 9.97. The van der Waals surface area contributed by atoms with Gasteiger partial charge in [-0.1, -0.05) is 31.7 Å². The van der Waals surface area contributed by atoms with Crippen molar-refractivity contribution in [3.8, 4) is 0 Å². The van der Waals surface area contributed by atoms with E-state index in [9.17, 15) is 9.59 Å². The van der Waals surface area contributed by atoms with Crippen LogP contribution in [0.25, 0.3) is 0 Å².